The number of aliphatic hydroxyl groups is 1. The molecule has 9 heteroatoms. The lowest BCUT2D eigenvalue weighted by Crippen LogP contribution is -2.63. The molecule has 3 saturated carbocycles. The van der Waals surface area contributed by atoms with Crippen molar-refractivity contribution in [3.05, 3.63) is 64.5 Å². The third-order valence-electron chi connectivity index (χ3n) is 11.7. The van der Waals surface area contributed by atoms with Gasteiger partial charge in [-0.2, -0.15) is 0 Å². The molecule has 8 atom stereocenters. The summed E-state index contributed by atoms with van der Waals surface area (Å²) in [4.78, 5) is 51.9. The standard InChI is InChI=1S/C34H46N4O5/c1-9-32(5)17-26(33(6)20(2)12-14-34(22(4)28(32)40)15-13-25(39)27(33)34)43-31(42)23-11-10-16-38(30(23)41)18-24-21(3)29(37(7)8)36-19-35-24/h9-11,16,19-20,22,26-28,40H,1,12-15,17-18H2,2-8H3/t20-,22+,26-,27?,28+,32-,33+,34?/m1/s1. The predicted octanol–water partition coefficient (Wildman–Crippen LogP) is 4.58. The van der Waals surface area contributed by atoms with Crippen molar-refractivity contribution in [2.24, 2.45) is 34.0 Å². The van der Waals surface area contributed by atoms with Crippen LogP contribution in [0.15, 0.2) is 42.1 Å². The number of pyridine rings is 1. The molecular weight excluding hydrogens is 544 g/mol. The highest BCUT2D eigenvalue weighted by Gasteiger charge is 2.68. The number of esters is 1. The third-order valence-corrected chi connectivity index (χ3v) is 11.7. The molecule has 2 bridgehead atoms. The Morgan fingerprint density at radius 1 is 1.23 bits per heavy atom. The normalized spacial score (nSPS) is 35.4. The molecule has 0 saturated heterocycles. The van der Waals surface area contributed by atoms with Gasteiger partial charge in [-0.25, -0.2) is 14.8 Å². The Labute approximate surface area is 254 Å². The monoisotopic (exact) mass is 590 g/mol. The lowest BCUT2D eigenvalue weighted by molar-refractivity contribution is -0.192. The molecule has 5 rings (SSSR count). The Morgan fingerprint density at radius 2 is 1.95 bits per heavy atom. The van der Waals surface area contributed by atoms with E-state index in [-0.39, 0.29) is 41.1 Å². The average Bonchev–Trinajstić information content (AvgIpc) is 3.33. The number of carbonyl (C=O) groups is 2. The van der Waals surface area contributed by atoms with Crippen LogP contribution >= 0.6 is 0 Å². The first-order valence-corrected chi connectivity index (χ1v) is 15.4. The molecule has 9 nitrogen and oxygen atoms in total. The quantitative estimate of drug-likeness (QED) is 0.384. The maximum Gasteiger partial charge on any atom is 0.344 e. The maximum absolute atomic E-state index is 13.9. The summed E-state index contributed by atoms with van der Waals surface area (Å²) in [5.74, 6) is -0.124. The zero-order valence-electron chi connectivity index (χ0n) is 26.6. The summed E-state index contributed by atoms with van der Waals surface area (Å²) in [7, 11) is 3.79. The zero-order valence-corrected chi connectivity index (χ0v) is 26.6. The number of carbonyl (C=O) groups excluding carboxylic acids is 2. The van der Waals surface area contributed by atoms with E-state index in [2.05, 4.69) is 37.3 Å². The topological polar surface area (TPSA) is 115 Å². The molecule has 3 aliphatic carbocycles. The van der Waals surface area contributed by atoms with Crippen LogP contribution in [-0.4, -0.2) is 57.7 Å². The Kier molecular flexibility index (Phi) is 7.95. The molecule has 0 radical (unpaired) electrons. The highest BCUT2D eigenvalue weighted by molar-refractivity contribution is 5.89. The van der Waals surface area contributed by atoms with Gasteiger partial charge < -0.3 is 19.3 Å². The second-order valence-corrected chi connectivity index (χ2v) is 14.0. The van der Waals surface area contributed by atoms with E-state index >= 15 is 0 Å². The molecule has 3 aliphatic rings. The van der Waals surface area contributed by atoms with Gasteiger partial charge in [-0.15, -0.1) is 6.58 Å². The van der Waals surface area contributed by atoms with Crippen LogP contribution < -0.4 is 10.5 Å². The fourth-order valence-electron chi connectivity index (χ4n) is 8.76. The van der Waals surface area contributed by atoms with Gasteiger partial charge in [0.15, 0.2) is 0 Å². The molecular formula is C34H46N4O5. The van der Waals surface area contributed by atoms with Crippen LogP contribution in [0, 0.1) is 40.9 Å². The molecule has 0 aromatic carbocycles. The summed E-state index contributed by atoms with van der Waals surface area (Å²) in [6.07, 6.45) is 6.66. The summed E-state index contributed by atoms with van der Waals surface area (Å²) in [6, 6.07) is 3.15. The fourth-order valence-corrected chi connectivity index (χ4v) is 8.76. The first-order valence-electron chi connectivity index (χ1n) is 15.4. The van der Waals surface area contributed by atoms with E-state index in [0.717, 1.165) is 30.6 Å². The van der Waals surface area contributed by atoms with Crippen molar-refractivity contribution in [1.29, 1.82) is 0 Å². The van der Waals surface area contributed by atoms with Gasteiger partial charge in [-0.1, -0.05) is 33.8 Å². The third kappa shape index (κ3) is 4.75. The van der Waals surface area contributed by atoms with Crippen LogP contribution in [0.2, 0.25) is 0 Å². The fraction of sp³-hybridized carbons (Fsp3) is 0.618. The second-order valence-electron chi connectivity index (χ2n) is 14.0. The summed E-state index contributed by atoms with van der Waals surface area (Å²) in [6.45, 7) is 14.4. The van der Waals surface area contributed by atoms with Crippen molar-refractivity contribution in [2.75, 3.05) is 19.0 Å². The van der Waals surface area contributed by atoms with Gasteiger partial charge in [0.05, 0.1) is 18.3 Å². The van der Waals surface area contributed by atoms with Crippen molar-refractivity contribution in [2.45, 2.75) is 85.5 Å². The summed E-state index contributed by atoms with van der Waals surface area (Å²) >= 11 is 0. The van der Waals surface area contributed by atoms with Gasteiger partial charge in [0.2, 0.25) is 0 Å². The van der Waals surface area contributed by atoms with Gasteiger partial charge in [0.1, 0.15) is 29.6 Å². The number of ketones is 1. The lowest BCUT2D eigenvalue weighted by atomic mass is 9.44. The van der Waals surface area contributed by atoms with Crippen molar-refractivity contribution in [3.63, 3.8) is 0 Å². The van der Waals surface area contributed by atoms with Crippen molar-refractivity contribution in [1.82, 2.24) is 14.5 Å². The lowest BCUT2D eigenvalue weighted by Gasteiger charge is -2.61. The summed E-state index contributed by atoms with van der Waals surface area (Å²) < 4.78 is 7.83. The predicted molar refractivity (Wildman–Crippen MR) is 165 cm³/mol. The molecule has 0 aliphatic heterocycles. The number of hydrogen-bond acceptors (Lipinski definition) is 8. The largest absolute Gasteiger partial charge is 0.458 e. The van der Waals surface area contributed by atoms with Gasteiger partial charge in [0.25, 0.3) is 5.56 Å². The molecule has 1 N–H and O–H groups in total. The van der Waals surface area contributed by atoms with E-state index in [4.69, 9.17) is 4.74 Å². The molecule has 0 amide bonds. The minimum absolute atomic E-state index is 0.0746. The van der Waals surface area contributed by atoms with E-state index in [9.17, 15) is 19.5 Å². The van der Waals surface area contributed by atoms with Crippen LogP contribution in [0.4, 0.5) is 5.82 Å². The minimum atomic E-state index is -0.755. The van der Waals surface area contributed by atoms with Gasteiger partial charge in [-0.3, -0.25) is 9.59 Å². The Balaban J connectivity index is 1.53. The number of rotatable bonds is 6. The molecule has 2 aromatic rings. The number of anilines is 1. The van der Waals surface area contributed by atoms with E-state index in [1.807, 2.05) is 32.8 Å². The molecule has 3 fully saturated rings. The van der Waals surface area contributed by atoms with E-state index in [1.165, 1.54) is 17.0 Å². The van der Waals surface area contributed by atoms with Crippen molar-refractivity contribution in [3.8, 4) is 0 Å². The Hall–Kier alpha value is -3.33. The zero-order chi connectivity index (χ0) is 31.5. The molecule has 2 unspecified atom stereocenters. The highest BCUT2D eigenvalue weighted by atomic mass is 16.5. The smallest absolute Gasteiger partial charge is 0.344 e. The number of hydrogen-bond donors (Lipinski definition) is 1. The number of ether oxygens (including phenoxy) is 1. The minimum Gasteiger partial charge on any atom is -0.458 e. The van der Waals surface area contributed by atoms with Crippen molar-refractivity contribution < 1.29 is 19.4 Å². The van der Waals surface area contributed by atoms with Crippen LogP contribution in [0.25, 0.3) is 0 Å². The number of aromatic nitrogens is 3. The van der Waals surface area contributed by atoms with Crippen LogP contribution in [0.5, 0.6) is 0 Å². The van der Waals surface area contributed by atoms with Crippen LogP contribution in [0.1, 0.15) is 81.4 Å². The van der Waals surface area contributed by atoms with Crippen LogP contribution in [-0.2, 0) is 16.1 Å². The molecule has 43 heavy (non-hydrogen) atoms. The molecule has 2 aromatic heterocycles. The molecule has 0 spiro atoms. The van der Waals surface area contributed by atoms with Crippen LogP contribution in [0.3, 0.4) is 0 Å². The van der Waals surface area contributed by atoms with Crippen molar-refractivity contribution >= 4 is 17.6 Å². The van der Waals surface area contributed by atoms with Gasteiger partial charge in [-0.05, 0) is 62.0 Å². The average molecular weight is 591 g/mol. The summed E-state index contributed by atoms with van der Waals surface area (Å²) in [5, 5.41) is 11.8. The first kappa shape index (κ1) is 31.1. The van der Waals surface area contributed by atoms with Gasteiger partial charge >= 0.3 is 5.97 Å². The van der Waals surface area contributed by atoms with E-state index in [0.29, 0.717) is 18.5 Å². The summed E-state index contributed by atoms with van der Waals surface area (Å²) in [5.41, 5.74) is -0.802. The second kappa shape index (κ2) is 11.0. The Bertz CT molecular complexity index is 1500. The molecule has 2 heterocycles. The SMILES string of the molecule is C=C[C@]1(C)C[C@@H](OC(=O)c2cccn(Cc3ncnc(N(C)C)c3C)c2=O)[C@@]2(C)C3C(=O)CCC3(CC[C@H]2C)[C@@H](C)[C@@H]1O. The van der Waals surface area contributed by atoms with E-state index < -0.39 is 34.6 Å². The Morgan fingerprint density at radius 3 is 2.63 bits per heavy atom. The number of nitrogens with zero attached hydrogens (tertiary/aromatic N) is 4. The van der Waals surface area contributed by atoms with E-state index in [1.54, 1.807) is 18.3 Å². The molecule has 232 valence electrons. The number of Topliss-reactive ketones (excluding diaryl/α,β-unsaturated/α-hetero) is 1. The maximum atomic E-state index is 13.9. The van der Waals surface area contributed by atoms with Gasteiger partial charge in [0, 0.05) is 49.0 Å². The number of aliphatic hydroxyl groups excluding tert-OH is 1. The first-order chi connectivity index (χ1) is 20.2. The highest BCUT2D eigenvalue weighted by Crippen LogP contribution is 2.68.